The Labute approximate surface area is 109 Å². The van der Waals surface area contributed by atoms with E-state index >= 15 is 0 Å². The number of benzene rings is 1. The van der Waals surface area contributed by atoms with Crippen molar-refractivity contribution in [3.8, 4) is 0 Å². The van der Waals surface area contributed by atoms with E-state index in [-0.39, 0.29) is 0 Å². The second kappa shape index (κ2) is 4.54. The van der Waals surface area contributed by atoms with E-state index in [0.717, 1.165) is 24.4 Å². The van der Waals surface area contributed by atoms with Gasteiger partial charge in [0, 0.05) is 6.42 Å². The highest BCUT2D eigenvalue weighted by molar-refractivity contribution is 5.76. The van der Waals surface area contributed by atoms with Gasteiger partial charge in [-0.05, 0) is 24.1 Å². The third kappa shape index (κ3) is 2.60. The maximum atomic E-state index is 12.6. The van der Waals surface area contributed by atoms with Crippen molar-refractivity contribution in [2.24, 2.45) is 5.92 Å². The smallest absolute Gasteiger partial charge is 0.342 e. The van der Waals surface area contributed by atoms with Crippen molar-refractivity contribution in [1.29, 1.82) is 0 Å². The SMILES string of the molecule is FC(F)(F)c1ccc2nc(CC3CCCC3)[nH]c2c1. The van der Waals surface area contributed by atoms with Crippen molar-refractivity contribution in [2.45, 2.75) is 38.3 Å². The maximum absolute atomic E-state index is 12.6. The number of nitrogens with one attached hydrogen (secondary N) is 1. The first-order chi connectivity index (χ1) is 9.02. The summed E-state index contributed by atoms with van der Waals surface area (Å²) in [7, 11) is 0. The lowest BCUT2D eigenvalue weighted by Gasteiger charge is -2.05. The minimum atomic E-state index is -4.30. The average Bonchev–Trinajstić information content (AvgIpc) is 2.95. The Bertz CT molecular complexity index is 580. The molecule has 0 saturated heterocycles. The highest BCUT2D eigenvalue weighted by Gasteiger charge is 2.30. The summed E-state index contributed by atoms with van der Waals surface area (Å²) < 4.78 is 37.8. The van der Waals surface area contributed by atoms with Crippen LogP contribution in [0.5, 0.6) is 0 Å². The number of hydrogen-bond acceptors (Lipinski definition) is 1. The fourth-order valence-electron chi connectivity index (χ4n) is 2.82. The molecule has 1 aliphatic rings. The summed E-state index contributed by atoms with van der Waals surface area (Å²) in [5, 5.41) is 0. The summed E-state index contributed by atoms with van der Waals surface area (Å²) in [4.78, 5) is 7.40. The molecule has 0 aliphatic heterocycles. The molecule has 2 nitrogen and oxygen atoms in total. The van der Waals surface area contributed by atoms with E-state index in [2.05, 4.69) is 9.97 Å². The van der Waals surface area contributed by atoms with Gasteiger partial charge in [0.05, 0.1) is 16.6 Å². The third-order valence-corrected chi connectivity index (χ3v) is 3.82. The van der Waals surface area contributed by atoms with E-state index in [4.69, 9.17) is 0 Å². The molecule has 3 rings (SSSR count). The summed E-state index contributed by atoms with van der Waals surface area (Å²) >= 11 is 0. The Balaban J connectivity index is 1.87. The van der Waals surface area contributed by atoms with Gasteiger partial charge in [0.1, 0.15) is 5.82 Å². The van der Waals surface area contributed by atoms with Crippen LogP contribution in [0.4, 0.5) is 13.2 Å². The molecule has 0 spiro atoms. The largest absolute Gasteiger partial charge is 0.416 e. The normalized spacial score (nSPS) is 17.4. The Morgan fingerprint density at radius 3 is 2.63 bits per heavy atom. The van der Waals surface area contributed by atoms with Crippen molar-refractivity contribution >= 4 is 11.0 Å². The van der Waals surface area contributed by atoms with E-state index in [1.165, 1.54) is 31.7 Å². The van der Waals surface area contributed by atoms with Gasteiger partial charge in [0.25, 0.3) is 0 Å². The number of imidazole rings is 1. The minimum absolute atomic E-state index is 0.475. The zero-order valence-corrected chi connectivity index (χ0v) is 10.4. The van der Waals surface area contributed by atoms with Crippen molar-refractivity contribution < 1.29 is 13.2 Å². The number of aromatic amines is 1. The predicted molar refractivity (Wildman–Crippen MR) is 66.8 cm³/mol. The summed E-state index contributed by atoms with van der Waals surface area (Å²) in [5.41, 5.74) is 0.458. The molecule has 0 unspecified atom stereocenters. The molecular weight excluding hydrogens is 253 g/mol. The van der Waals surface area contributed by atoms with Crippen molar-refractivity contribution in [3.63, 3.8) is 0 Å². The van der Waals surface area contributed by atoms with E-state index in [1.54, 1.807) is 0 Å². The van der Waals surface area contributed by atoms with Crippen LogP contribution in [0.25, 0.3) is 11.0 Å². The highest BCUT2D eigenvalue weighted by atomic mass is 19.4. The minimum Gasteiger partial charge on any atom is -0.342 e. The van der Waals surface area contributed by atoms with Crippen LogP contribution in [0.15, 0.2) is 18.2 Å². The van der Waals surface area contributed by atoms with Gasteiger partial charge in [0.15, 0.2) is 0 Å². The molecule has 102 valence electrons. The Kier molecular flexibility index (Phi) is 2.99. The quantitative estimate of drug-likeness (QED) is 0.863. The van der Waals surface area contributed by atoms with Crippen LogP contribution >= 0.6 is 0 Å². The number of fused-ring (bicyclic) bond motifs is 1. The monoisotopic (exact) mass is 268 g/mol. The van der Waals surface area contributed by atoms with Gasteiger partial charge in [-0.15, -0.1) is 0 Å². The first-order valence-corrected chi connectivity index (χ1v) is 6.58. The van der Waals surface area contributed by atoms with Crippen LogP contribution in [-0.4, -0.2) is 9.97 Å². The standard InChI is InChI=1S/C14H15F3N2/c15-14(16,17)10-5-6-11-12(8-10)19-13(18-11)7-9-3-1-2-4-9/h5-6,8-9H,1-4,7H2,(H,18,19). The first-order valence-electron chi connectivity index (χ1n) is 6.58. The molecular formula is C14H15F3N2. The van der Waals surface area contributed by atoms with Crippen molar-refractivity contribution in [2.75, 3.05) is 0 Å². The van der Waals surface area contributed by atoms with Gasteiger partial charge >= 0.3 is 6.18 Å². The topological polar surface area (TPSA) is 28.7 Å². The van der Waals surface area contributed by atoms with Gasteiger partial charge in [-0.3, -0.25) is 0 Å². The molecule has 1 saturated carbocycles. The number of aromatic nitrogens is 2. The molecule has 1 aliphatic carbocycles. The zero-order valence-electron chi connectivity index (χ0n) is 10.4. The molecule has 0 amide bonds. The summed E-state index contributed by atoms with van der Waals surface area (Å²) in [6.45, 7) is 0. The average molecular weight is 268 g/mol. The predicted octanol–water partition coefficient (Wildman–Crippen LogP) is 4.31. The summed E-state index contributed by atoms with van der Waals surface area (Å²) in [5.74, 6) is 1.43. The van der Waals surface area contributed by atoms with Gasteiger partial charge < -0.3 is 4.98 Å². The van der Waals surface area contributed by atoms with Crippen LogP contribution in [0.1, 0.15) is 37.1 Å². The van der Waals surface area contributed by atoms with Crippen molar-refractivity contribution in [3.05, 3.63) is 29.6 Å². The Hall–Kier alpha value is -1.52. The molecule has 1 fully saturated rings. The van der Waals surface area contributed by atoms with E-state index in [9.17, 15) is 13.2 Å². The van der Waals surface area contributed by atoms with Crippen LogP contribution in [0.2, 0.25) is 0 Å². The second-order valence-corrected chi connectivity index (χ2v) is 5.27. The number of halogens is 3. The number of H-pyrrole nitrogens is 1. The Morgan fingerprint density at radius 1 is 1.21 bits per heavy atom. The molecule has 1 aromatic heterocycles. The molecule has 0 bridgehead atoms. The molecule has 5 heteroatoms. The molecule has 19 heavy (non-hydrogen) atoms. The molecule has 0 atom stereocenters. The second-order valence-electron chi connectivity index (χ2n) is 5.27. The maximum Gasteiger partial charge on any atom is 0.416 e. The molecule has 1 N–H and O–H groups in total. The van der Waals surface area contributed by atoms with E-state index in [0.29, 0.717) is 17.0 Å². The molecule has 0 radical (unpaired) electrons. The first kappa shape index (κ1) is 12.5. The summed E-state index contributed by atoms with van der Waals surface area (Å²) in [6, 6.07) is 3.66. The summed E-state index contributed by atoms with van der Waals surface area (Å²) in [6.07, 6.45) is 1.45. The molecule has 1 heterocycles. The lowest BCUT2D eigenvalue weighted by Crippen LogP contribution is -2.04. The fourth-order valence-corrected chi connectivity index (χ4v) is 2.82. The lowest BCUT2D eigenvalue weighted by atomic mass is 10.0. The van der Waals surface area contributed by atoms with E-state index in [1.807, 2.05) is 0 Å². The van der Waals surface area contributed by atoms with Gasteiger partial charge in [-0.25, -0.2) is 4.98 Å². The zero-order chi connectivity index (χ0) is 13.5. The van der Waals surface area contributed by atoms with Crippen LogP contribution in [0.3, 0.4) is 0 Å². The van der Waals surface area contributed by atoms with Crippen LogP contribution in [0, 0.1) is 5.92 Å². The van der Waals surface area contributed by atoms with Crippen LogP contribution in [-0.2, 0) is 12.6 Å². The number of nitrogens with zero attached hydrogens (tertiary/aromatic N) is 1. The molecule has 2 aromatic rings. The van der Waals surface area contributed by atoms with Gasteiger partial charge in [-0.1, -0.05) is 25.7 Å². The van der Waals surface area contributed by atoms with Gasteiger partial charge in [0.2, 0.25) is 0 Å². The number of rotatable bonds is 2. The fraction of sp³-hybridized carbons (Fsp3) is 0.500. The van der Waals surface area contributed by atoms with E-state index < -0.39 is 11.7 Å². The third-order valence-electron chi connectivity index (χ3n) is 3.82. The number of hydrogen-bond donors (Lipinski definition) is 1. The highest BCUT2D eigenvalue weighted by Crippen LogP contribution is 2.32. The lowest BCUT2D eigenvalue weighted by molar-refractivity contribution is -0.137. The number of alkyl halides is 3. The van der Waals surface area contributed by atoms with Crippen LogP contribution < -0.4 is 0 Å². The van der Waals surface area contributed by atoms with Gasteiger partial charge in [-0.2, -0.15) is 13.2 Å². The Morgan fingerprint density at radius 2 is 1.95 bits per heavy atom. The molecule has 1 aromatic carbocycles. The van der Waals surface area contributed by atoms with Crippen molar-refractivity contribution in [1.82, 2.24) is 9.97 Å².